The maximum Gasteiger partial charge on any atom is 0.251 e. The van der Waals surface area contributed by atoms with Crippen LogP contribution in [-0.4, -0.2) is 48.0 Å². The molecule has 14 heavy (non-hydrogen) atoms. The highest BCUT2D eigenvalue weighted by atomic mass is 79.9. The molecule has 0 aliphatic rings. The fourth-order valence-electron chi connectivity index (χ4n) is 1.22. The molecule has 0 aliphatic heterocycles. The Morgan fingerprint density at radius 1 is 1.43 bits per heavy atom. The third-order valence-electron chi connectivity index (χ3n) is 1.83. The summed E-state index contributed by atoms with van der Waals surface area (Å²) in [4.78, 5) is 1.59. The van der Waals surface area contributed by atoms with Gasteiger partial charge in [0.15, 0.2) is 0 Å². The van der Waals surface area contributed by atoms with Crippen molar-refractivity contribution in [2.24, 2.45) is 5.41 Å². The number of halogens is 3. The maximum absolute atomic E-state index is 12.2. The van der Waals surface area contributed by atoms with Gasteiger partial charge in [-0.2, -0.15) is 0 Å². The van der Waals surface area contributed by atoms with Crippen molar-refractivity contribution in [3.8, 4) is 0 Å². The Bertz CT molecular complexity index is 156. The molecular weight excluding hydrogens is 256 g/mol. The Balaban J connectivity index is 4.07. The molecule has 0 unspecified atom stereocenters. The summed E-state index contributed by atoms with van der Waals surface area (Å²) in [6, 6.07) is 0. The molecule has 86 valence electrons. The second kappa shape index (κ2) is 6.69. The molecule has 0 rings (SSSR count). The van der Waals surface area contributed by atoms with E-state index in [0.29, 0.717) is 13.1 Å². The summed E-state index contributed by atoms with van der Waals surface area (Å²) < 4.78 is 24.3. The maximum atomic E-state index is 12.2. The highest BCUT2D eigenvalue weighted by molar-refractivity contribution is 9.09. The molecule has 0 bridgehead atoms. The third-order valence-corrected chi connectivity index (χ3v) is 3.34. The smallest absolute Gasteiger partial charge is 0.251 e. The van der Waals surface area contributed by atoms with Crippen LogP contribution in [0.2, 0.25) is 0 Å². The molecule has 0 saturated heterocycles. The molecule has 0 heterocycles. The van der Waals surface area contributed by atoms with Crippen LogP contribution in [0.4, 0.5) is 8.78 Å². The zero-order valence-corrected chi connectivity index (χ0v) is 10.2. The van der Waals surface area contributed by atoms with E-state index in [4.69, 9.17) is 5.11 Å². The van der Waals surface area contributed by atoms with Crippen LogP contribution in [0, 0.1) is 5.41 Å². The number of hydrogen-bond acceptors (Lipinski definition) is 2. The van der Waals surface area contributed by atoms with E-state index in [-0.39, 0.29) is 18.6 Å². The van der Waals surface area contributed by atoms with Crippen LogP contribution in [0.25, 0.3) is 0 Å². The standard InChI is InChI=1S/C9H18BrF2NO/c1-9(2,6-10)7-13(3-4-14)5-8(11)12/h8,14H,3-7H2,1-2H3. The van der Waals surface area contributed by atoms with Gasteiger partial charge in [0.25, 0.3) is 6.43 Å². The first-order valence-corrected chi connectivity index (χ1v) is 5.71. The number of rotatable bonds is 7. The molecule has 0 spiro atoms. The Morgan fingerprint density at radius 3 is 2.36 bits per heavy atom. The Hall–Kier alpha value is 0.260. The van der Waals surface area contributed by atoms with E-state index < -0.39 is 6.43 Å². The lowest BCUT2D eigenvalue weighted by Gasteiger charge is -2.30. The molecule has 0 radical (unpaired) electrons. The largest absolute Gasteiger partial charge is 0.395 e. The third kappa shape index (κ3) is 6.68. The van der Waals surface area contributed by atoms with Crippen LogP contribution < -0.4 is 0 Å². The lowest BCUT2D eigenvalue weighted by molar-refractivity contribution is 0.0621. The van der Waals surface area contributed by atoms with Gasteiger partial charge in [0, 0.05) is 18.4 Å². The van der Waals surface area contributed by atoms with Crippen LogP contribution in [-0.2, 0) is 0 Å². The van der Waals surface area contributed by atoms with Crippen molar-refractivity contribution in [2.45, 2.75) is 20.3 Å². The first kappa shape index (κ1) is 14.3. The second-order valence-electron chi connectivity index (χ2n) is 4.15. The summed E-state index contributed by atoms with van der Waals surface area (Å²) in [6.45, 7) is 4.52. The lowest BCUT2D eigenvalue weighted by atomic mass is 9.96. The van der Waals surface area contributed by atoms with E-state index in [1.807, 2.05) is 13.8 Å². The molecule has 0 atom stereocenters. The molecule has 1 N–H and O–H groups in total. The summed E-state index contributed by atoms with van der Waals surface area (Å²) in [5.41, 5.74) is -0.0515. The second-order valence-corrected chi connectivity index (χ2v) is 4.71. The van der Waals surface area contributed by atoms with E-state index in [1.54, 1.807) is 4.90 Å². The minimum atomic E-state index is -2.34. The van der Waals surface area contributed by atoms with Crippen LogP contribution in [0.1, 0.15) is 13.8 Å². The van der Waals surface area contributed by atoms with Crippen molar-refractivity contribution >= 4 is 15.9 Å². The van der Waals surface area contributed by atoms with Crippen molar-refractivity contribution in [1.82, 2.24) is 4.90 Å². The first-order valence-electron chi connectivity index (χ1n) is 4.58. The van der Waals surface area contributed by atoms with Gasteiger partial charge in [-0.25, -0.2) is 8.78 Å². The van der Waals surface area contributed by atoms with Gasteiger partial charge < -0.3 is 5.11 Å². The van der Waals surface area contributed by atoms with Crippen molar-refractivity contribution in [3.63, 3.8) is 0 Å². The topological polar surface area (TPSA) is 23.5 Å². The van der Waals surface area contributed by atoms with E-state index >= 15 is 0 Å². The molecule has 5 heteroatoms. The Kier molecular flexibility index (Phi) is 6.81. The van der Waals surface area contributed by atoms with Gasteiger partial charge in [-0.3, -0.25) is 4.90 Å². The predicted octanol–water partition coefficient (Wildman–Crippen LogP) is 1.97. The number of nitrogens with zero attached hydrogens (tertiary/aromatic N) is 1. The molecule has 2 nitrogen and oxygen atoms in total. The number of hydrogen-bond donors (Lipinski definition) is 1. The van der Waals surface area contributed by atoms with Gasteiger partial charge >= 0.3 is 0 Å². The summed E-state index contributed by atoms with van der Waals surface area (Å²) in [6.07, 6.45) is -2.34. The highest BCUT2D eigenvalue weighted by Gasteiger charge is 2.22. The SMILES string of the molecule is CC(C)(CBr)CN(CCO)CC(F)F. The van der Waals surface area contributed by atoms with E-state index in [1.165, 1.54) is 0 Å². The van der Waals surface area contributed by atoms with Gasteiger partial charge in [-0.15, -0.1) is 0 Å². The van der Waals surface area contributed by atoms with Gasteiger partial charge in [0.1, 0.15) is 0 Å². The van der Waals surface area contributed by atoms with Gasteiger partial charge in [0.05, 0.1) is 13.2 Å². The molecule has 0 fully saturated rings. The zero-order chi connectivity index (χ0) is 11.2. The summed E-state index contributed by atoms with van der Waals surface area (Å²) >= 11 is 3.34. The summed E-state index contributed by atoms with van der Waals surface area (Å²) in [5, 5.41) is 9.48. The molecule has 0 saturated carbocycles. The normalized spacial score (nSPS) is 12.9. The molecule has 0 aromatic carbocycles. The molecule has 0 aliphatic carbocycles. The van der Waals surface area contributed by atoms with Gasteiger partial charge in [-0.05, 0) is 5.41 Å². The fourth-order valence-corrected chi connectivity index (χ4v) is 1.40. The van der Waals surface area contributed by atoms with Gasteiger partial charge in [-0.1, -0.05) is 29.8 Å². The van der Waals surface area contributed by atoms with E-state index in [0.717, 1.165) is 5.33 Å². The number of aliphatic hydroxyl groups excluding tert-OH is 1. The van der Waals surface area contributed by atoms with Gasteiger partial charge in [0.2, 0.25) is 0 Å². The molecular formula is C9H18BrF2NO. The predicted molar refractivity (Wildman–Crippen MR) is 57.1 cm³/mol. The van der Waals surface area contributed by atoms with Crippen LogP contribution in [0.3, 0.4) is 0 Å². The van der Waals surface area contributed by atoms with Crippen LogP contribution in [0.15, 0.2) is 0 Å². The van der Waals surface area contributed by atoms with E-state index in [9.17, 15) is 8.78 Å². The highest BCUT2D eigenvalue weighted by Crippen LogP contribution is 2.20. The minimum Gasteiger partial charge on any atom is -0.395 e. The summed E-state index contributed by atoms with van der Waals surface area (Å²) in [7, 11) is 0. The Morgan fingerprint density at radius 2 is 2.00 bits per heavy atom. The average molecular weight is 274 g/mol. The van der Waals surface area contributed by atoms with Crippen LogP contribution >= 0.6 is 15.9 Å². The van der Waals surface area contributed by atoms with Crippen molar-refractivity contribution in [1.29, 1.82) is 0 Å². The molecule has 0 amide bonds. The van der Waals surface area contributed by atoms with E-state index in [2.05, 4.69) is 15.9 Å². The minimum absolute atomic E-state index is 0.0515. The fraction of sp³-hybridized carbons (Fsp3) is 1.00. The van der Waals surface area contributed by atoms with Crippen molar-refractivity contribution in [2.75, 3.05) is 31.6 Å². The quantitative estimate of drug-likeness (QED) is 0.717. The molecule has 0 aromatic rings. The monoisotopic (exact) mass is 273 g/mol. The average Bonchev–Trinajstić information content (AvgIpc) is 2.03. The number of alkyl halides is 3. The molecule has 0 aromatic heterocycles. The van der Waals surface area contributed by atoms with Crippen LogP contribution in [0.5, 0.6) is 0 Å². The zero-order valence-electron chi connectivity index (χ0n) is 8.64. The van der Waals surface area contributed by atoms with Crippen molar-refractivity contribution in [3.05, 3.63) is 0 Å². The number of aliphatic hydroxyl groups is 1. The summed E-state index contributed by atoms with van der Waals surface area (Å²) in [5.74, 6) is 0. The van der Waals surface area contributed by atoms with Crippen molar-refractivity contribution < 1.29 is 13.9 Å². The lowest BCUT2D eigenvalue weighted by Crippen LogP contribution is -2.39. The first-order chi connectivity index (χ1) is 6.41. The Labute approximate surface area is 92.4 Å².